The molecule has 0 atom stereocenters. The Morgan fingerprint density at radius 2 is 1.71 bits per heavy atom. The van der Waals surface area contributed by atoms with Gasteiger partial charge in [-0.3, -0.25) is 4.79 Å². The van der Waals surface area contributed by atoms with Gasteiger partial charge in [0.2, 0.25) is 0 Å². The minimum atomic E-state index is -0.826. The predicted molar refractivity (Wildman–Crippen MR) is 66.1 cm³/mol. The van der Waals surface area contributed by atoms with E-state index in [0.717, 1.165) is 12.0 Å². The molecule has 0 unspecified atom stereocenters. The molecule has 1 aromatic rings. The maximum absolute atomic E-state index is 11.5. The highest BCUT2D eigenvalue weighted by molar-refractivity contribution is 6.40. The average molecular weight is 234 g/mol. The first-order valence-electron chi connectivity index (χ1n) is 5.65. The summed E-state index contributed by atoms with van der Waals surface area (Å²) in [6.07, 6.45) is 1.01. The number of ketones is 1. The summed E-state index contributed by atoms with van der Waals surface area (Å²) in [6, 6.07) is 7.12. The first-order valence-corrected chi connectivity index (χ1v) is 5.65. The minimum Gasteiger partial charge on any atom is -0.463 e. The quantitative estimate of drug-likeness (QED) is 0.457. The highest BCUT2D eigenvalue weighted by Crippen LogP contribution is 2.26. The number of Topliss-reactive ketones (excluding diaryl/α,β-unsaturated/α-hetero) is 1. The molecule has 3 nitrogen and oxygen atoms in total. The molecule has 0 aliphatic heterocycles. The molecule has 17 heavy (non-hydrogen) atoms. The Morgan fingerprint density at radius 3 is 2.12 bits per heavy atom. The lowest BCUT2D eigenvalue weighted by Gasteiger charge is -2.23. The number of ether oxygens (including phenoxy) is 1. The number of hydrogen-bond donors (Lipinski definition) is 0. The maximum atomic E-state index is 11.5. The lowest BCUT2D eigenvalue weighted by Crippen LogP contribution is -2.18. The molecule has 0 fully saturated rings. The Bertz CT molecular complexity index is 416. The molecule has 0 N–H and O–H groups in total. The van der Waals surface area contributed by atoms with Crippen molar-refractivity contribution in [3.05, 3.63) is 35.4 Å². The summed E-state index contributed by atoms with van der Waals surface area (Å²) in [5.41, 5.74) is 1.60. The fraction of sp³-hybridized carbons (Fsp3) is 0.429. The molecule has 3 heteroatoms. The first kappa shape index (κ1) is 13.4. The van der Waals surface area contributed by atoms with Gasteiger partial charge in [0.25, 0.3) is 5.78 Å². The second-order valence-electron chi connectivity index (χ2n) is 4.64. The highest BCUT2D eigenvalue weighted by Gasteiger charge is 2.20. The zero-order valence-corrected chi connectivity index (χ0v) is 10.7. The van der Waals surface area contributed by atoms with E-state index in [4.69, 9.17) is 0 Å². The number of esters is 1. The molecular formula is C14H18O3. The molecule has 0 aromatic heterocycles. The van der Waals surface area contributed by atoms with Crippen LogP contribution in [0.25, 0.3) is 0 Å². The van der Waals surface area contributed by atoms with Crippen molar-refractivity contribution >= 4 is 11.8 Å². The Balaban J connectivity index is 2.96. The van der Waals surface area contributed by atoms with E-state index in [0.29, 0.717) is 5.56 Å². The summed E-state index contributed by atoms with van der Waals surface area (Å²) in [6.45, 7) is 6.40. The van der Waals surface area contributed by atoms with Crippen molar-refractivity contribution in [3.63, 3.8) is 0 Å². The van der Waals surface area contributed by atoms with Gasteiger partial charge in [-0.15, -0.1) is 0 Å². The van der Waals surface area contributed by atoms with Gasteiger partial charge in [0.15, 0.2) is 0 Å². The highest BCUT2D eigenvalue weighted by atomic mass is 16.5. The van der Waals surface area contributed by atoms with Crippen molar-refractivity contribution < 1.29 is 14.3 Å². The first-order chi connectivity index (χ1) is 7.92. The van der Waals surface area contributed by atoms with Crippen molar-refractivity contribution in [2.75, 3.05) is 7.11 Å². The summed E-state index contributed by atoms with van der Waals surface area (Å²) < 4.78 is 4.40. The third kappa shape index (κ3) is 2.93. The van der Waals surface area contributed by atoms with Crippen molar-refractivity contribution in [2.24, 2.45) is 0 Å². The second-order valence-corrected chi connectivity index (χ2v) is 4.64. The Hall–Kier alpha value is -1.64. The van der Waals surface area contributed by atoms with Crippen molar-refractivity contribution in [3.8, 4) is 0 Å². The number of methoxy groups -OCH3 is 1. The van der Waals surface area contributed by atoms with Crippen LogP contribution >= 0.6 is 0 Å². The molecule has 0 heterocycles. The van der Waals surface area contributed by atoms with E-state index in [-0.39, 0.29) is 5.41 Å². The molecule has 0 saturated carbocycles. The maximum Gasteiger partial charge on any atom is 0.379 e. The topological polar surface area (TPSA) is 43.4 Å². The van der Waals surface area contributed by atoms with Crippen LogP contribution in [0.3, 0.4) is 0 Å². The third-order valence-electron chi connectivity index (χ3n) is 3.18. The lowest BCUT2D eigenvalue weighted by atomic mass is 9.82. The molecule has 0 saturated heterocycles. The predicted octanol–water partition coefficient (Wildman–Crippen LogP) is 2.73. The van der Waals surface area contributed by atoms with Crippen molar-refractivity contribution in [2.45, 2.75) is 32.6 Å². The number of carbonyl (C=O) groups is 2. The fourth-order valence-corrected chi connectivity index (χ4v) is 1.49. The van der Waals surface area contributed by atoms with E-state index in [1.54, 1.807) is 12.1 Å². The Morgan fingerprint density at radius 1 is 1.18 bits per heavy atom. The van der Waals surface area contributed by atoms with Gasteiger partial charge in [0.1, 0.15) is 0 Å². The minimum absolute atomic E-state index is 0.0762. The van der Waals surface area contributed by atoms with Crippen LogP contribution in [0.5, 0.6) is 0 Å². The molecular weight excluding hydrogens is 216 g/mol. The monoisotopic (exact) mass is 234 g/mol. The number of rotatable bonds is 4. The molecule has 0 spiro atoms. The van der Waals surface area contributed by atoms with E-state index < -0.39 is 11.8 Å². The molecule has 0 aliphatic rings. The van der Waals surface area contributed by atoms with Gasteiger partial charge < -0.3 is 4.74 Å². The molecule has 0 bridgehead atoms. The van der Waals surface area contributed by atoms with Crippen LogP contribution in [0.1, 0.15) is 43.1 Å². The zero-order valence-electron chi connectivity index (χ0n) is 10.7. The van der Waals surface area contributed by atoms with E-state index in [9.17, 15) is 9.59 Å². The average Bonchev–Trinajstić information content (AvgIpc) is 2.37. The summed E-state index contributed by atoms with van der Waals surface area (Å²) in [7, 11) is 1.20. The largest absolute Gasteiger partial charge is 0.463 e. The molecule has 1 aromatic carbocycles. The molecule has 0 aliphatic carbocycles. The zero-order chi connectivity index (χ0) is 13.1. The van der Waals surface area contributed by atoms with Gasteiger partial charge in [0, 0.05) is 5.56 Å². The van der Waals surface area contributed by atoms with E-state index in [1.165, 1.54) is 7.11 Å². The summed E-state index contributed by atoms with van der Waals surface area (Å²) >= 11 is 0. The fourth-order valence-electron chi connectivity index (χ4n) is 1.49. The summed E-state index contributed by atoms with van der Waals surface area (Å²) in [5.74, 6) is -1.43. The Labute approximate surface area is 102 Å². The van der Waals surface area contributed by atoms with Crippen LogP contribution in [-0.2, 0) is 14.9 Å². The number of benzene rings is 1. The number of carbonyl (C=O) groups excluding carboxylic acids is 2. The standard InChI is InChI=1S/C14H18O3/c1-5-14(2,3)11-8-6-10(7-9-11)12(15)13(16)17-4/h6-9H,5H2,1-4H3. The van der Waals surface area contributed by atoms with Crippen LogP contribution in [0.15, 0.2) is 24.3 Å². The van der Waals surface area contributed by atoms with Gasteiger partial charge >= 0.3 is 5.97 Å². The smallest absolute Gasteiger partial charge is 0.379 e. The second kappa shape index (κ2) is 5.13. The summed E-state index contributed by atoms with van der Waals surface area (Å²) in [5, 5.41) is 0. The van der Waals surface area contributed by atoms with Crippen LogP contribution in [-0.4, -0.2) is 18.9 Å². The Kier molecular flexibility index (Phi) is 4.05. The van der Waals surface area contributed by atoms with Crippen LogP contribution in [0, 0.1) is 0 Å². The van der Waals surface area contributed by atoms with Crippen LogP contribution < -0.4 is 0 Å². The van der Waals surface area contributed by atoms with Gasteiger partial charge in [-0.25, -0.2) is 4.79 Å². The van der Waals surface area contributed by atoms with Gasteiger partial charge in [-0.1, -0.05) is 45.0 Å². The SMILES string of the molecule is CCC(C)(C)c1ccc(C(=O)C(=O)OC)cc1. The molecule has 1 rings (SSSR count). The van der Waals surface area contributed by atoms with Gasteiger partial charge in [-0.2, -0.15) is 0 Å². The lowest BCUT2D eigenvalue weighted by molar-refractivity contribution is -0.135. The van der Waals surface area contributed by atoms with Crippen molar-refractivity contribution in [1.29, 1.82) is 0 Å². The molecule has 0 amide bonds. The van der Waals surface area contributed by atoms with Crippen LogP contribution in [0.2, 0.25) is 0 Å². The van der Waals surface area contributed by atoms with E-state index in [1.807, 2.05) is 12.1 Å². The number of hydrogen-bond acceptors (Lipinski definition) is 3. The van der Waals surface area contributed by atoms with Crippen molar-refractivity contribution in [1.82, 2.24) is 0 Å². The normalized spacial score (nSPS) is 11.1. The van der Waals surface area contributed by atoms with E-state index >= 15 is 0 Å². The van der Waals surface area contributed by atoms with Gasteiger partial charge in [-0.05, 0) is 17.4 Å². The molecule has 0 radical (unpaired) electrons. The third-order valence-corrected chi connectivity index (χ3v) is 3.18. The molecule has 92 valence electrons. The summed E-state index contributed by atoms with van der Waals surface area (Å²) in [4.78, 5) is 22.6. The van der Waals surface area contributed by atoms with E-state index in [2.05, 4.69) is 25.5 Å². The van der Waals surface area contributed by atoms with Gasteiger partial charge in [0.05, 0.1) is 7.11 Å². The van der Waals surface area contributed by atoms with Crippen LogP contribution in [0.4, 0.5) is 0 Å².